The topological polar surface area (TPSA) is 102 Å². The number of amides is 2. The van der Waals surface area contributed by atoms with Crippen molar-refractivity contribution in [1.82, 2.24) is 10.6 Å². The minimum absolute atomic E-state index is 0.232. The molecule has 0 aliphatic heterocycles. The molecule has 0 radical (unpaired) electrons. The van der Waals surface area contributed by atoms with Crippen molar-refractivity contribution in [3.05, 3.63) is 35.4 Å². The zero-order valence-electron chi connectivity index (χ0n) is 11.6. The Kier molecular flexibility index (Phi) is 7.12. The molecule has 1 rings (SSSR count). The van der Waals surface area contributed by atoms with Crippen LogP contribution in [-0.4, -0.2) is 35.2 Å². The molecule has 1 aromatic rings. The van der Waals surface area contributed by atoms with Crippen molar-refractivity contribution in [2.75, 3.05) is 12.0 Å². The summed E-state index contributed by atoms with van der Waals surface area (Å²) in [6.07, 6.45) is 2.25. The van der Waals surface area contributed by atoms with E-state index in [1.165, 1.54) is 11.8 Å². The van der Waals surface area contributed by atoms with Crippen LogP contribution in [0.2, 0.25) is 0 Å². The van der Waals surface area contributed by atoms with E-state index in [-0.39, 0.29) is 6.54 Å². The third-order valence-electron chi connectivity index (χ3n) is 2.72. The highest BCUT2D eigenvalue weighted by molar-refractivity contribution is 7.98. The fraction of sp³-hybridized carbons (Fsp3) is 0.357. The third-order valence-corrected chi connectivity index (χ3v) is 3.37. The van der Waals surface area contributed by atoms with Gasteiger partial charge in [-0.3, -0.25) is 0 Å². The molecular formula is C14H17N3O3S. The second kappa shape index (κ2) is 8.87. The molecule has 7 heteroatoms. The van der Waals surface area contributed by atoms with Gasteiger partial charge in [0.25, 0.3) is 0 Å². The van der Waals surface area contributed by atoms with Gasteiger partial charge >= 0.3 is 12.0 Å². The molecular weight excluding hydrogens is 290 g/mol. The minimum atomic E-state index is -1.05. The Morgan fingerprint density at radius 3 is 2.86 bits per heavy atom. The van der Waals surface area contributed by atoms with Crippen molar-refractivity contribution in [1.29, 1.82) is 5.26 Å². The van der Waals surface area contributed by atoms with Crippen LogP contribution in [0.25, 0.3) is 0 Å². The first kappa shape index (κ1) is 16.9. The molecule has 0 heterocycles. The quantitative estimate of drug-likeness (QED) is 0.709. The van der Waals surface area contributed by atoms with Crippen molar-refractivity contribution < 1.29 is 14.7 Å². The van der Waals surface area contributed by atoms with E-state index in [1.54, 1.807) is 24.3 Å². The van der Waals surface area contributed by atoms with Gasteiger partial charge in [0.1, 0.15) is 6.04 Å². The fourth-order valence-electron chi connectivity index (χ4n) is 1.64. The van der Waals surface area contributed by atoms with E-state index in [4.69, 9.17) is 10.4 Å². The molecule has 1 atom stereocenters. The molecule has 0 unspecified atom stereocenters. The Bertz CT molecular complexity index is 543. The summed E-state index contributed by atoms with van der Waals surface area (Å²) in [5, 5.41) is 22.8. The molecule has 0 saturated carbocycles. The Balaban J connectivity index is 2.48. The molecule has 6 nitrogen and oxygen atoms in total. The van der Waals surface area contributed by atoms with Crippen molar-refractivity contribution in [2.24, 2.45) is 0 Å². The summed E-state index contributed by atoms with van der Waals surface area (Å²) in [7, 11) is 0. The number of benzene rings is 1. The lowest BCUT2D eigenvalue weighted by molar-refractivity contribution is -0.139. The van der Waals surface area contributed by atoms with Crippen LogP contribution in [0.5, 0.6) is 0 Å². The summed E-state index contributed by atoms with van der Waals surface area (Å²) in [5.74, 6) is -0.396. The summed E-state index contributed by atoms with van der Waals surface area (Å²) >= 11 is 1.52. The van der Waals surface area contributed by atoms with E-state index >= 15 is 0 Å². The van der Waals surface area contributed by atoms with Gasteiger partial charge in [-0.05, 0) is 36.1 Å². The van der Waals surface area contributed by atoms with Gasteiger partial charge < -0.3 is 15.7 Å². The number of nitrogens with one attached hydrogen (secondary N) is 2. The van der Waals surface area contributed by atoms with Gasteiger partial charge in [0.05, 0.1) is 11.6 Å². The number of nitrogens with zero attached hydrogens (tertiary/aromatic N) is 1. The van der Waals surface area contributed by atoms with Crippen LogP contribution in [0.1, 0.15) is 17.5 Å². The fourth-order valence-corrected chi connectivity index (χ4v) is 2.11. The third kappa shape index (κ3) is 6.19. The van der Waals surface area contributed by atoms with Gasteiger partial charge in [-0.25, -0.2) is 9.59 Å². The number of carbonyl (C=O) groups is 2. The molecule has 0 fully saturated rings. The van der Waals surface area contributed by atoms with Gasteiger partial charge in [-0.1, -0.05) is 12.1 Å². The molecule has 0 spiro atoms. The van der Waals surface area contributed by atoms with Crippen LogP contribution in [0.4, 0.5) is 4.79 Å². The zero-order chi connectivity index (χ0) is 15.7. The minimum Gasteiger partial charge on any atom is -0.480 e. The average Bonchev–Trinajstić information content (AvgIpc) is 2.49. The molecule has 21 heavy (non-hydrogen) atoms. The Hall–Kier alpha value is -2.20. The first-order chi connectivity index (χ1) is 10.1. The number of thioether (sulfide) groups is 1. The lowest BCUT2D eigenvalue weighted by Gasteiger charge is -2.14. The Morgan fingerprint density at radius 1 is 1.48 bits per heavy atom. The highest BCUT2D eigenvalue weighted by atomic mass is 32.2. The van der Waals surface area contributed by atoms with E-state index in [1.807, 2.05) is 12.3 Å². The highest BCUT2D eigenvalue weighted by Crippen LogP contribution is 2.04. The lowest BCUT2D eigenvalue weighted by Crippen LogP contribution is -2.46. The molecule has 0 bridgehead atoms. The number of rotatable bonds is 7. The van der Waals surface area contributed by atoms with Gasteiger partial charge in [-0.15, -0.1) is 0 Å². The van der Waals surface area contributed by atoms with Crippen LogP contribution >= 0.6 is 11.8 Å². The number of carboxylic acids is 1. The number of urea groups is 1. The van der Waals surface area contributed by atoms with Crippen LogP contribution in [0.3, 0.4) is 0 Å². The Labute approximate surface area is 127 Å². The standard InChI is InChI=1S/C14H17N3O3S/c1-21-6-5-12(13(18)19)17-14(20)16-9-11-4-2-3-10(7-11)8-15/h2-4,7,12H,5-6,9H2,1H3,(H,18,19)(H2,16,17,20)/t12-/m0/s1. The molecule has 2 amide bonds. The second-order valence-electron chi connectivity index (χ2n) is 4.31. The molecule has 0 aromatic heterocycles. The van der Waals surface area contributed by atoms with Crippen LogP contribution < -0.4 is 10.6 Å². The molecule has 3 N–H and O–H groups in total. The zero-order valence-corrected chi connectivity index (χ0v) is 12.4. The van der Waals surface area contributed by atoms with Gasteiger partial charge in [0, 0.05) is 6.54 Å². The van der Waals surface area contributed by atoms with Crippen LogP contribution in [0.15, 0.2) is 24.3 Å². The monoisotopic (exact) mass is 307 g/mol. The lowest BCUT2D eigenvalue weighted by atomic mass is 10.1. The van der Waals surface area contributed by atoms with E-state index in [2.05, 4.69) is 10.6 Å². The SMILES string of the molecule is CSCC[C@H](NC(=O)NCc1cccc(C#N)c1)C(=O)O. The Morgan fingerprint density at radius 2 is 2.24 bits per heavy atom. The summed E-state index contributed by atoms with van der Waals surface area (Å²) in [6, 6.07) is 7.43. The van der Waals surface area contributed by atoms with Gasteiger partial charge in [-0.2, -0.15) is 17.0 Å². The van der Waals surface area contributed by atoms with Crippen molar-refractivity contribution in [2.45, 2.75) is 19.0 Å². The average molecular weight is 307 g/mol. The van der Waals surface area contributed by atoms with Gasteiger partial charge in [0.15, 0.2) is 0 Å². The summed E-state index contributed by atoms with van der Waals surface area (Å²) in [4.78, 5) is 22.7. The van der Waals surface area contributed by atoms with Crippen molar-refractivity contribution in [3.8, 4) is 6.07 Å². The van der Waals surface area contributed by atoms with E-state index in [0.717, 1.165) is 5.56 Å². The summed E-state index contributed by atoms with van der Waals surface area (Å²) in [6.45, 7) is 0.232. The summed E-state index contributed by atoms with van der Waals surface area (Å²) < 4.78 is 0. The number of carbonyl (C=O) groups excluding carboxylic acids is 1. The maximum atomic E-state index is 11.7. The predicted octanol–water partition coefficient (Wildman–Crippen LogP) is 1.56. The van der Waals surface area contributed by atoms with Crippen LogP contribution in [0, 0.1) is 11.3 Å². The van der Waals surface area contributed by atoms with Gasteiger partial charge in [0.2, 0.25) is 0 Å². The normalized spacial score (nSPS) is 11.2. The number of hydrogen-bond donors (Lipinski definition) is 3. The second-order valence-corrected chi connectivity index (χ2v) is 5.30. The largest absolute Gasteiger partial charge is 0.480 e. The van der Waals surface area contributed by atoms with Crippen LogP contribution in [-0.2, 0) is 11.3 Å². The van der Waals surface area contributed by atoms with E-state index < -0.39 is 18.0 Å². The number of nitriles is 1. The van der Waals surface area contributed by atoms with E-state index in [0.29, 0.717) is 17.7 Å². The number of aliphatic carboxylic acids is 1. The number of carboxylic acid groups (broad SMARTS) is 1. The maximum absolute atomic E-state index is 11.7. The van der Waals surface area contributed by atoms with Crippen molar-refractivity contribution >= 4 is 23.8 Å². The first-order valence-electron chi connectivity index (χ1n) is 6.32. The summed E-state index contributed by atoms with van der Waals surface area (Å²) in [5.41, 5.74) is 1.29. The van der Waals surface area contributed by atoms with E-state index in [9.17, 15) is 9.59 Å². The number of hydrogen-bond acceptors (Lipinski definition) is 4. The molecule has 0 aliphatic rings. The molecule has 1 aromatic carbocycles. The smallest absolute Gasteiger partial charge is 0.326 e. The van der Waals surface area contributed by atoms with Crippen molar-refractivity contribution in [3.63, 3.8) is 0 Å². The highest BCUT2D eigenvalue weighted by Gasteiger charge is 2.18. The first-order valence-corrected chi connectivity index (χ1v) is 7.71. The molecule has 0 aliphatic carbocycles. The molecule has 112 valence electrons. The maximum Gasteiger partial charge on any atom is 0.326 e. The predicted molar refractivity (Wildman–Crippen MR) is 81.0 cm³/mol. The molecule has 0 saturated heterocycles.